The highest BCUT2D eigenvalue weighted by Gasteiger charge is 2.33. The Balaban J connectivity index is 2.38. The number of nitrogens with zero attached hydrogens (tertiary/aromatic N) is 2. The fraction of sp³-hybridized carbons (Fsp3) is 0.467. The van der Waals surface area contributed by atoms with Crippen LogP contribution in [0.4, 0.5) is 0 Å². The van der Waals surface area contributed by atoms with Crippen LogP contribution in [0.3, 0.4) is 0 Å². The number of amides is 2. The maximum atomic E-state index is 11.9. The fourth-order valence-electron chi connectivity index (χ4n) is 2.75. The summed E-state index contributed by atoms with van der Waals surface area (Å²) >= 11 is 0. The fourth-order valence-corrected chi connectivity index (χ4v) is 3.58. The Labute approximate surface area is 136 Å². The third kappa shape index (κ3) is 3.89. The first-order valence-electron chi connectivity index (χ1n) is 7.28. The molecule has 1 aromatic rings. The Bertz CT molecular complexity index is 717. The predicted molar refractivity (Wildman–Crippen MR) is 86.4 cm³/mol. The second-order valence-corrected chi connectivity index (χ2v) is 7.54. The molecule has 1 N–H and O–H groups in total. The molecule has 2 amide bonds. The molecule has 0 bridgehead atoms. The Kier molecular flexibility index (Phi) is 5.06. The molecule has 1 aliphatic heterocycles. The van der Waals surface area contributed by atoms with Gasteiger partial charge >= 0.3 is 0 Å². The summed E-state index contributed by atoms with van der Waals surface area (Å²) in [4.78, 5) is 25.3. The number of rotatable bonds is 3. The van der Waals surface area contributed by atoms with E-state index >= 15 is 0 Å². The molecule has 1 atom stereocenters. The van der Waals surface area contributed by atoms with Gasteiger partial charge in [0.05, 0.1) is 12.3 Å². The Morgan fingerprint density at radius 3 is 2.52 bits per heavy atom. The van der Waals surface area contributed by atoms with E-state index in [-0.39, 0.29) is 24.9 Å². The van der Waals surface area contributed by atoms with Crippen LogP contribution in [0, 0.1) is 0 Å². The molecule has 0 spiro atoms. The average molecular weight is 339 g/mol. The molecule has 0 unspecified atom stereocenters. The van der Waals surface area contributed by atoms with Crippen LogP contribution in [0.15, 0.2) is 24.3 Å². The van der Waals surface area contributed by atoms with E-state index in [0.29, 0.717) is 12.1 Å². The van der Waals surface area contributed by atoms with Crippen LogP contribution in [0.5, 0.6) is 0 Å². The van der Waals surface area contributed by atoms with Gasteiger partial charge in [0.25, 0.3) is 5.91 Å². The normalized spacial score (nSPS) is 19.4. The zero-order valence-corrected chi connectivity index (χ0v) is 14.3. The number of nitrogens with one attached hydrogen (secondary N) is 1. The number of carbonyl (C=O) groups excluding carboxylic acids is 2. The summed E-state index contributed by atoms with van der Waals surface area (Å²) in [7, 11) is -1.79. The summed E-state index contributed by atoms with van der Waals surface area (Å²) < 4.78 is 25.0. The molecule has 2 rings (SSSR count). The molecule has 23 heavy (non-hydrogen) atoms. The lowest BCUT2D eigenvalue weighted by molar-refractivity contribution is -0.133. The van der Waals surface area contributed by atoms with Crippen molar-refractivity contribution in [1.29, 1.82) is 0 Å². The summed E-state index contributed by atoms with van der Waals surface area (Å²) in [5.74, 6) is -0.342. The molecule has 7 nitrogen and oxygen atoms in total. The molecule has 0 aliphatic carbocycles. The Hall–Kier alpha value is -1.93. The maximum absolute atomic E-state index is 11.9. The summed E-state index contributed by atoms with van der Waals surface area (Å²) in [6, 6.07) is 6.51. The van der Waals surface area contributed by atoms with Crippen molar-refractivity contribution in [2.45, 2.75) is 13.0 Å². The van der Waals surface area contributed by atoms with E-state index in [9.17, 15) is 18.0 Å². The molecule has 0 radical (unpaired) electrons. The van der Waals surface area contributed by atoms with Gasteiger partial charge in [0.15, 0.2) is 0 Å². The highest BCUT2D eigenvalue weighted by molar-refractivity contribution is 7.88. The van der Waals surface area contributed by atoms with Crippen molar-refractivity contribution in [2.75, 3.05) is 32.9 Å². The molecular weight excluding hydrogens is 318 g/mol. The molecule has 1 aromatic carbocycles. The summed E-state index contributed by atoms with van der Waals surface area (Å²) in [5.41, 5.74) is 1.22. The molecule has 126 valence electrons. The third-order valence-electron chi connectivity index (χ3n) is 3.98. The second kappa shape index (κ2) is 6.67. The van der Waals surface area contributed by atoms with E-state index < -0.39 is 16.1 Å². The predicted octanol–water partition coefficient (Wildman–Crippen LogP) is 0.211. The standard InChI is InChI=1S/C15H21N3O4S/c1-11(19)18-8-7-17(23(3,21)22)10-14(18)12-5-4-6-13(9-12)15(20)16-2/h4-6,9,14H,7-8,10H2,1-3H3,(H,16,20)/t14-/m0/s1. The zero-order valence-electron chi connectivity index (χ0n) is 13.4. The number of piperazine rings is 1. The molecule has 1 heterocycles. The van der Waals surface area contributed by atoms with Gasteiger partial charge < -0.3 is 10.2 Å². The SMILES string of the molecule is CNC(=O)c1cccc([C@@H]2CN(S(C)(=O)=O)CCN2C(C)=O)c1. The molecule has 8 heteroatoms. The second-order valence-electron chi connectivity index (χ2n) is 5.55. The molecule has 1 aliphatic rings. The maximum Gasteiger partial charge on any atom is 0.251 e. The van der Waals surface area contributed by atoms with Crippen molar-refractivity contribution in [1.82, 2.24) is 14.5 Å². The minimum Gasteiger partial charge on any atom is -0.355 e. The van der Waals surface area contributed by atoms with Crippen LogP contribution in [0.1, 0.15) is 28.9 Å². The van der Waals surface area contributed by atoms with E-state index in [4.69, 9.17) is 0 Å². The highest BCUT2D eigenvalue weighted by atomic mass is 32.2. The van der Waals surface area contributed by atoms with Gasteiger partial charge in [-0.05, 0) is 17.7 Å². The molecular formula is C15H21N3O4S. The number of carbonyl (C=O) groups is 2. The monoisotopic (exact) mass is 339 g/mol. The third-order valence-corrected chi connectivity index (χ3v) is 5.25. The highest BCUT2D eigenvalue weighted by Crippen LogP contribution is 2.27. The van der Waals surface area contributed by atoms with Crippen molar-refractivity contribution in [3.8, 4) is 0 Å². The minimum atomic E-state index is -3.33. The summed E-state index contributed by atoms with van der Waals surface area (Å²) in [6.07, 6.45) is 1.16. The van der Waals surface area contributed by atoms with E-state index in [0.717, 1.165) is 11.8 Å². The van der Waals surface area contributed by atoms with Crippen molar-refractivity contribution < 1.29 is 18.0 Å². The largest absolute Gasteiger partial charge is 0.355 e. The first-order valence-corrected chi connectivity index (χ1v) is 9.13. The van der Waals surface area contributed by atoms with E-state index in [1.165, 1.54) is 11.2 Å². The van der Waals surface area contributed by atoms with Crippen LogP contribution in [0.25, 0.3) is 0 Å². The first kappa shape index (κ1) is 17.4. The van der Waals surface area contributed by atoms with E-state index in [1.807, 2.05) is 0 Å². The van der Waals surface area contributed by atoms with Gasteiger partial charge in [0.1, 0.15) is 0 Å². The van der Waals surface area contributed by atoms with E-state index in [1.54, 1.807) is 36.2 Å². The molecule has 0 saturated carbocycles. The molecule has 0 aromatic heterocycles. The van der Waals surface area contributed by atoms with Gasteiger partial charge in [-0.3, -0.25) is 9.59 Å². The van der Waals surface area contributed by atoms with Gasteiger partial charge in [0, 0.05) is 39.2 Å². The van der Waals surface area contributed by atoms with Crippen molar-refractivity contribution in [3.63, 3.8) is 0 Å². The van der Waals surface area contributed by atoms with E-state index in [2.05, 4.69) is 5.32 Å². The smallest absolute Gasteiger partial charge is 0.251 e. The minimum absolute atomic E-state index is 0.117. The molecule has 1 fully saturated rings. The quantitative estimate of drug-likeness (QED) is 0.853. The lowest BCUT2D eigenvalue weighted by atomic mass is 10.0. The van der Waals surface area contributed by atoms with Crippen LogP contribution in [-0.4, -0.2) is 62.4 Å². The lowest BCUT2D eigenvalue weighted by Gasteiger charge is -2.40. The summed E-state index contributed by atoms with van der Waals surface area (Å²) in [5, 5.41) is 2.55. The van der Waals surface area contributed by atoms with Crippen LogP contribution >= 0.6 is 0 Å². The van der Waals surface area contributed by atoms with Crippen LogP contribution < -0.4 is 5.32 Å². The van der Waals surface area contributed by atoms with Crippen molar-refractivity contribution >= 4 is 21.8 Å². The lowest BCUT2D eigenvalue weighted by Crippen LogP contribution is -2.51. The van der Waals surface area contributed by atoms with Gasteiger partial charge in [-0.15, -0.1) is 0 Å². The number of benzene rings is 1. The van der Waals surface area contributed by atoms with Crippen molar-refractivity contribution in [2.24, 2.45) is 0 Å². The topological polar surface area (TPSA) is 86.8 Å². The number of hydrogen-bond donors (Lipinski definition) is 1. The van der Waals surface area contributed by atoms with Crippen LogP contribution in [-0.2, 0) is 14.8 Å². The van der Waals surface area contributed by atoms with Gasteiger partial charge in [-0.2, -0.15) is 4.31 Å². The average Bonchev–Trinajstić information content (AvgIpc) is 2.52. The Morgan fingerprint density at radius 1 is 1.26 bits per heavy atom. The number of sulfonamides is 1. The van der Waals surface area contributed by atoms with Gasteiger partial charge in [-0.25, -0.2) is 8.42 Å². The summed E-state index contributed by atoms with van der Waals surface area (Å²) in [6.45, 7) is 2.27. The van der Waals surface area contributed by atoms with Crippen LogP contribution in [0.2, 0.25) is 0 Å². The molecule has 1 saturated heterocycles. The Morgan fingerprint density at radius 2 is 1.96 bits per heavy atom. The van der Waals surface area contributed by atoms with Gasteiger partial charge in [0.2, 0.25) is 15.9 Å². The van der Waals surface area contributed by atoms with Crippen molar-refractivity contribution in [3.05, 3.63) is 35.4 Å². The zero-order chi connectivity index (χ0) is 17.2. The number of hydrogen-bond acceptors (Lipinski definition) is 4. The first-order chi connectivity index (χ1) is 10.7. The van der Waals surface area contributed by atoms with Gasteiger partial charge in [-0.1, -0.05) is 12.1 Å².